The summed E-state index contributed by atoms with van der Waals surface area (Å²) in [4.78, 5) is -1.11. The predicted octanol–water partition coefficient (Wildman–Crippen LogP) is 5.49. The van der Waals surface area contributed by atoms with Crippen molar-refractivity contribution in [3.05, 3.63) is 69.2 Å². The molecule has 2 aromatic carbocycles. The number of halogens is 6. The molecule has 0 saturated carbocycles. The van der Waals surface area contributed by atoms with Crippen molar-refractivity contribution in [1.82, 2.24) is 0 Å². The average Bonchev–Trinajstić information content (AvgIpc) is 2.30. The fourth-order valence-electron chi connectivity index (χ4n) is 1.66. The van der Waals surface area contributed by atoms with Gasteiger partial charge in [-0.1, -0.05) is 31.9 Å². The average molecular weight is 398 g/mol. The second-order valence-electron chi connectivity index (χ2n) is 3.81. The van der Waals surface area contributed by atoms with Crippen LogP contribution in [0.5, 0.6) is 0 Å². The van der Waals surface area contributed by atoms with E-state index in [-0.39, 0.29) is 15.6 Å². The Kier molecular flexibility index (Phi) is 4.30. The van der Waals surface area contributed by atoms with Crippen LogP contribution >= 0.6 is 31.9 Å². The molecule has 0 aromatic heterocycles. The van der Waals surface area contributed by atoms with Gasteiger partial charge in [0.15, 0.2) is 0 Å². The molecule has 1 atom stereocenters. The Morgan fingerprint density at radius 2 is 1.42 bits per heavy atom. The Morgan fingerprint density at radius 3 is 2.00 bits per heavy atom. The summed E-state index contributed by atoms with van der Waals surface area (Å²) < 4.78 is 54.5. The molecule has 0 amide bonds. The lowest BCUT2D eigenvalue weighted by atomic mass is 10.0. The minimum Gasteiger partial charge on any atom is -0.207 e. The Balaban J connectivity index is 2.56. The third kappa shape index (κ3) is 3.00. The maximum absolute atomic E-state index is 13.8. The minimum absolute atomic E-state index is 0.167. The molecule has 0 bridgehead atoms. The van der Waals surface area contributed by atoms with E-state index >= 15 is 0 Å². The van der Waals surface area contributed by atoms with E-state index in [1.54, 1.807) is 0 Å². The zero-order chi connectivity index (χ0) is 14.2. The molecule has 19 heavy (non-hydrogen) atoms. The first-order valence-electron chi connectivity index (χ1n) is 5.13. The van der Waals surface area contributed by atoms with Gasteiger partial charge in [-0.3, -0.25) is 0 Å². The molecule has 0 radical (unpaired) electrons. The third-order valence-electron chi connectivity index (χ3n) is 2.53. The Morgan fingerprint density at radius 1 is 0.842 bits per heavy atom. The molecule has 1 unspecified atom stereocenters. The zero-order valence-corrected chi connectivity index (χ0v) is 12.4. The molecule has 2 rings (SSSR count). The van der Waals surface area contributed by atoms with E-state index in [0.717, 1.165) is 30.3 Å². The molecule has 0 spiro atoms. The van der Waals surface area contributed by atoms with Gasteiger partial charge in [-0.2, -0.15) is 0 Å². The fraction of sp³-hybridized carbons (Fsp3) is 0.0769. The molecule has 6 heteroatoms. The highest BCUT2D eigenvalue weighted by atomic mass is 79.9. The van der Waals surface area contributed by atoms with Crippen LogP contribution in [-0.4, -0.2) is 0 Å². The van der Waals surface area contributed by atoms with Crippen LogP contribution in [0.1, 0.15) is 16.0 Å². The molecule has 0 aliphatic carbocycles. The summed E-state index contributed by atoms with van der Waals surface area (Å²) in [5.74, 6) is -3.13. The first-order valence-corrected chi connectivity index (χ1v) is 6.84. The van der Waals surface area contributed by atoms with Gasteiger partial charge in [-0.05, 0) is 30.3 Å². The van der Waals surface area contributed by atoms with Crippen molar-refractivity contribution in [1.29, 1.82) is 0 Å². The molecule has 0 fully saturated rings. The Bertz CT molecular complexity index is 605. The lowest BCUT2D eigenvalue weighted by Crippen LogP contribution is -2.03. The van der Waals surface area contributed by atoms with E-state index < -0.39 is 28.1 Å². The highest BCUT2D eigenvalue weighted by Gasteiger charge is 2.23. The number of hydrogen-bond acceptors (Lipinski definition) is 0. The second-order valence-corrected chi connectivity index (χ2v) is 5.64. The van der Waals surface area contributed by atoms with Crippen molar-refractivity contribution in [3.63, 3.8) is 0 Å². The summed E-state index contributed by atoms with van der Waals surface area (Å²) in [7, 11) is 0. The molecular weight excluding hydrogens is 392 g/mol. The highest BCUT2D eigenvalue weighted by molar-refractivity contribution is 9.10. The van der Waals surface area contributed by atoms with Crippen molar-refractivity contribution < 1.29 is 17.6 Å². The number of rotatable bonds is 2. The van der Waals surface area contributed by atoms with Crippen LogP contribution in [0.15, 0.2) is 34.8 Å². The van der Waals surface area contributed by atoms with Crippen molar-refractivity contribution in [3.8, 4) is 0 Å². The second kappa shape index (κ2) is 5.63. The zero-order valence-electron chi connectivity index (χ0n) is 9.23. The van der Waals surface area contributed by atoms with Gasteiger partial charge in [-0.15, -0.1) is 0 Å². The van der Waals surface area contributed by atoms with Crippen LogP contribution in [0.4, 0.5) is 17.6 Å². The fourth-order valence-corrected chi connectivity index (χ4v) is 2.85. The van der Waals surface area contributed by atoms with Crippen molar-refractivity contribution in [2.75, 3.05) is 0 Å². The Hall–Kier alpha value is -0.880. The van der Waals surface area contributed by atoms with Gasteiger partial charge in [0.25, 0.3) is 0 Å². The highest BCUT2D eigenvalue weighted by Crippen LogP contribution is 2.36. The number of alkyl halides is 1. The summed E-state index contributed by atoms with van der Waals surface area (Å²) in [5, 5.41) is 0. The SMILES string of the molecule is Fc1ccc(F)c(C(Br)c2c(F)cc(Br)cc2F)c1. The largest absolute Gasteiger partial charge is 0.207 e. The summed E-state index contributed by atoms with van der Waals surface area (Å²) in [6, 6.07) is 4.86. The van der Waals surface area contributed by atoms with E-state index in [2.05, 4.69) is 31.9 Å². The van der Waals surface area contributed by atoms with Gasteiger partial charge in [0.2, 0.25) is 0 Å². The summed E-state index contributed by atoms with van der Waals surface area (Å²) >= 11 is 5.95. The standard InChI is InChI=1S/C13H6Br2F4/c14-6-3-10(18)12(11(19)4-6)13(15)8-5-7(16)1-2-9(8)17/h1-5,13H. The lowest BCUT2D eigenvalue weighted by molar-refractivity contribution is 0.550. The summed E-state index contributed by atoms with van der Waals surface area (Å²) in [6.45, 7) is 0. The maximum Gasteiger partial charge on any atom is 0.131 e. The smallest absolute Gasteiger partial charge is 0.131 e. The molecule has 0 N–H and O–H groups in total. The maximum atomic E-state index is 13.8. The molecular formula is C13H6Br2F4. The van der Waals surface area contributed by atoms with Crippen LogP contribution in [0, 0.1) is 23.3 Å². The van der Waals surface area contributed by atoms with Gasteiger partial charge in [0.05, 0.1) is 4.83 Å². The van der Waals surface area contributed by atoms with Crippen molar-refractivity contribution in [2.45, 2.75) is 4.83 Å². The van der Waals surface area contributed by atoms with E-state index in [1.165, 1.54) is 0 Å². The molecule has 0 heterocycles. The van der Waals surface area contributed by atoms with Gasteiger partial charge in [-0.25, -0.2) is 17.6 Å². The molecule has 2 aromatic rings. The van der Waals surface area contributed by atoms with Crippen LogP contribution in [0.25, 0.3) is 0 Å². The molecule has 0 aliphatic heterocycles. The minimum atomic E-state index is -1.11. The first-order chi connectivity index (χ1) is 8.90. The van der Waals surface area contributed by atoms with Gasteiger partial charge in [0.1, 0.15) is 23.3 Å². The summed E-state index contributed by atoms with van der Waals surface area (Å²) in [5.41, 5.74) is -0.534. The number of hydrogen-bond donors (Lipinski definition) is 0. The topological polar surface area (TPSA) is 0 Å². The molecule has 100 valence electrons. The van der Waals surface area contributed by atoms with Crippen LogP contribution in [0.3, 0.4) is 0 Å². The number of benzene rings is 2. The molecule has 0 nitrogen and oxygen atoms in total. The monoisotopic (exact) mass is 396 g/mol. The van der Waals surface area contributed by atoms with E-state index in [1.807, 2.05) is 0 Å². The normalized spacial score (nSPS) is 12.5. The van der Waals surface area contributed by atoms with Crippen molar-refractivity contribution >= 4 is 31.9 Å². The van der Waals surface area contributed by atoms with Crippen LogP contribution < -0.4 is 0 Å². The quantitative estimate of drug-likeness (QED) is 0.464. The lowest BCUT2D eigenvalue weighted by Gasteiger charge is -2.14. The van der Waals surface area contributed by atoms with Gasteiger partial charge >= 0.3 is 0 Å². The molecule has 0 aliphatic rings. The van der Waals surface area contributed by atoms with Crippen molar-refractivity contribution in [2.24, 2.45) is 0 Å². The van der Waals surface area contributed by atoms with E-state index in [0.29, 0.717) is 0 Å². The summed E-state index contributed by atoms with van der Waals surface area (Å²) in [6.07, 6.45) is 0. The third-order valence-corrected chi connectivity index (χ3v) is 3.94. The van der Waals surface area contributed by atoms with Crippen LogP contribution in [0.2, 0.25) is 0 Å². The Labute approximate surface area is 123 Å². The van der Waals surface area contributed by atoms with Gasteiger partial charge in [0, 0.05) is 15.6 Å². The first kappa shape index (κ1) is 14.5. The van der Waals surface area contributed by atoms with Gasteiger partial charge < -0.3 is 0 Å². The molecule has 0 saturated heterocycles. The van der Waals surface area contributed by atoms with Crippen LogP contribution in [-0.2, 0) is 0 Å². The predicted molar refractivity (Wildman–Crippen MR) is 71.2 cm³/mol. The van der Waals surface area contributed by atoms with E-state index in [9.17, 15) is 17.6 Å². The van der Waals surface area contributed by atoms with E-state index in [4.69, 9.17) is 0 Å².